The van der Waals surface area contributed by atoms with Crippen LogP contribution in [0.15, 0.2) is 83.5 Å². The zero-order chi connectivity index (χ0) is 18.4. The van der Waals surface area contributed by atoms with Gasteiger partial charge in [0, 0.05) is 5.92 Å². The van der Waals surface area contributed by atoms with Crippen LogP contribution in [0.3, 0.4) is 0 Å². The van der Waals surface area contributed by atoms with E-state index in [-0.39, 0.29) is 22.6 Å². The van der Waals surface area contributed by atoms with E-state index in [4.69, 9.17) is 4.42 Å². The fourth-order valence-corrected chi connectivity index (χ4v) is 3.80. The van der Waals surface area contributed by atoms with Gasteiger partial charge in [0.1, 0.15) is 5.92 Å². The van der Waals surface area contributed by atoms with Gasteiger partial charge >= 0.3 is 0 Å². The summed E-state index contributed by atoms with van der Waals surface area (Å²) in [6.45, 7) is 1.91. The van der Waals surface area contributed by atoms with Gasteiger partial charge in [0.2, 0.25) is 10.9 Å². The highest BCUT2D eigenvalue weighted by Gasteiger charge is 2.38. The summed E-state index contributed by atoms with van der Waals surface area (Å²) in [7, 11) is 0. The van der Waals surface area contributed by atoms with Gasteiger partial charge in [-0.3, -0.25) is 9.59 Å². The van der Waals surface area contributed by atoms with Crippen molar-refractivity contribution in [1.29, 1.82) is 0 Å². The fraction of sp³-hybridized carbons (Fsp3) is 0.182. The molecule has 26 heavy (non-hydrogen) atoms. The molecule has 0 aliphatic rings. The molecule has 0 saturated carbocycles. The molecule has 132 valence electrons. The van der Waals surface area contributed by atoms with Crippen molar-refractivity contribution in [1.82, 2.24) is 0 Å². The first kappa shape index (κ1) is 18.2. The van der Waals surface area contributed by atoms with Crippen molar-refractivity contribution in [2.24, 2.45) is 5.92 Å². The Morgan fingerprint density at radius 3 is 1.92 bits per heavy atom. The number of hydrogen-bond acceptors (Lipinski definition) is 4. The summed E-state index contributed by atoms with van der Waals surface area (Å²) < 4.78 is 5.32. The Labute approximate surface area is 157 Å². The highest BCUT2D eigenvalue weighted by atomic mass is 32.2. The van der Waals surface area contributed by atoms with Crippen LogP contribution in [0.1, 0.15) is 34.5 Å². The first-order chi connectivity index (χ1) is 12.7. The predicted octanol–water partition coefficient (Wildman–Crippen LogP) is 5.19. The molecule has 2 aromatic carbocycles. The number of hydrogen-bond donors (Lipinski definition) is 0. The van der Waals surface area contributed by atoms with Crippen LogP contribution in [0, 0.1) is 5.92 Å². The Kier molecular flexibility index (Phi) is 6.08. The molecule has 0 saturated heterocycles. The van der Waals surface area contributed by atoms with E-state index in [2.05, 4.69) is 0 Å². The number of Topliss-reactive ketones (excluding diaryl/α,β-unsaturated/α-hetero) is 1. The summed E-state index contributed by atoms with van der Waals surface area (Å²) in [6.07, 6.45) is 1.46. The lowest BCUT2D eigenvalue weighted by Gasteiger charge is -2.25. The van der Waals surface area contributed by atoms with Gasteiger partial charge in [-0.05, 0) is 29.0 Å². The van der Waals surface area contributed by atoms with Crippen molar-refractivity contribution in [3.05, 3.63) is 95.9 Å². The highest BCUT2D eigenvalue weighted by molar-refractivity contribution is 8.13. The van der Waals surface area contributed by atoms with E-state index < -0.39 is 5.92 Å². The van der Waals surface area contributed by atoms with Gasteiger partial charge in [0.05, 0.1) is 6.26 Å². The smallest absolute Gasteiger partial charge is 0.210 e. The molecule has 0 fully saturated rings. The molecule has 1 atom stereocenters. The minimum atomic E-state index is -0.837. The number of benzene rings is 2. The Balaban J connectivity index is 2.12. The summed E-state index contributed by atoms with van der Waals surface area (Å²) in [5.74, 6) is -0.634. The Bertz CT molecular complexity index is 802. The SMILES string of the molecule is CCSC(=O)C(C(=O)c1ccco1)C(c1ccccc1)c1ccccc1. The molecule has 0 aliphatic heterocycles. The Morgan fingerprint density at radius 1 is 0.885 bits per heavy atom. The second kappa shape index (κ2) is 8.68. The summed E-state index contributed by atoms with van der Waals surface area (Å²) in [5, 5.41) is -0.133. The van der Waals surface area contributed by atoms with Crippen LogP contribution in [-0.2, 0) is 4.79 Å². The predicted molar refractivity (Wildman–Crippen MR) is 104 cm³/mol. The molecule has 0 aliphatic carbocycles. The van der Waals surface area contributed by atoms with E-state index in [1.165, 1.54) is 18.0 Å². The van der Waals surface area contributed by atoms with Crippen molar-refractivity contribution in [3.8, 4) is 0 Å². The molecule has 0 spiro atoms. The molecule has 3 aromatic rings. The Hall–Kier alpha value is -2.59. The zero-order valence-corrected chi connectivity index (χ0v) is 15.3. The third-order valence-electron chi connectivity index (χ3n) is 4.24. The molecule has 1 aromatic heterocycles. The third kappa shape index (κ3) is 3.97. The quantitative estimate of drug-likeness (QED) is 0.427. The highest BCUT2D eigenvalue weighted by Crippen LogP contribution is 2.37. The second-order valence-electron chi connectivity index (χ2n) is 5.87. The lowest BCUT2D eigenvalue weighted by Crippen LogP contribution is -2.29. The normalized spacial score (nSPS) is 12.1. The van der Waals surface area contributed by atoms with E-state index in [9.17, 15) is 9.59 Å². The lowest BCUT2D eigenvalue weighted by molar-refractivity contribution is -0.113. The number of ketones is 1. The van der Waals surface area contributed by atoms with Gasteiger partial charge < -0.3 is 4.42 Å². The van der Waals surface area contributed by atoms with Gasteiger partial charge in [-0.2, -0.15) is 0 Å². The first-order valence-electron chi connectivity index (χ1n) is 8.56. The summed E-state index contributed by atoms with van der Waals surface area (Å²) in [4.78, 5) is 26.2. The van der Waals surface area contributed by atoms with Crippen LogP contribution in [0.5, 0.6) is 0 Å². The topological polar surface area (TPSA) is 47.3 Å². The third-order valence-corrected chi connectivity index (χ3v) is 5.06. The molecule has 1 unspecified atom stereocenters. The summed E-state index contributed by atoms with van der Waals surface area (Å²) in [5.41, 5.74) is 1.88. The summed E-state index contributed by atoms with van der Waals surface area (Å²) in [6, 6.07) is 22.7. The molecule has 0 N–H and O–H groups in total. The van der Waals surface area contributed by atoms with Gasteiger partial charge in [-0.15, -0.1) is 0 Å². The lowest BCUT2D eigenvalue weighted by atomic mass is 9.78. The molecule has 3 nitrogen and oxygen atoms in total. The van der Waals surface area contributed by atoms with Crippen LogP contribution >= 0.6 is 11.8 Å². The van der Waals surface area contributed by atoms with Crippen LogP contribution in [0.25, 0.3) is 0 Å². The van der Waals surface area contributed by atoms with Gasteiger partial charge in [-0.25, -0.2) is 0 Å². The molecule has 1 heterocycles. The van der Waals surface area contributed by atoms with Crippen molar-refractivity contribution < 1.29 is 14.0 Å². The number of rotatable bonds is 7. The van der Waals surface area contributed by atoms with Crippen molar-refractivity contribution >= 4 is 22.7 Å². The second-order valence-corrected chi connectivity index (χ2v) is 7.14. The van der Waals surface area contributed by atoms with E-state index in [1.54, 1.807) is 12.1 Å². The zero-order valence-electron chi connectivity index (χ0n) is 14.5. The maximum Gasteiger partial charge on any atom is 0.210 e. The maximum atomic E-state index is 13.2. The molecule has 0 amide bonds. The average molecular weight is 364 g/mol. The van der Waals surface area contributed by atoms with Crippen molar-refractivity contribution in [2.75, 3.05) is 5.75 Å². The average Bonchev–Trinajstić information content (AvgIpc) is 3.22. The van der Waals surface area contributed by atoms with Crippen LogP contribution in [0.4, 0.5) is 0 Å². The number of carbonyl (C=O) groups is 2. The van der Waals surface area contributed by atoms with Crippen LogP contribution < -0.4 is 0 Å². The number of carbonyl (C=O) groups excluding carboxylic acids is 2. The number of furan rings is 1. The molecule has 3 rings (SSSR count). The van der Waals surface area contributed by atoms with Gasteiger partial charge in [-0.1, -0.05) is 79.3 Å². The minimum absolute atomic E-state index is 0.133. The molecular weight excluding hydrogens is 344 g/mol. The Morgan fingerprint density at radius 2 is 1.46 bits per heavy atom. The minimum Gasteiger partial charge on any atom is -0.461 e. The standard InChI is InChI=1S/C22H20O3S/c1-2-26-22(24)20(21(23)18-14-9-15-25-18)19(16-10-5-3-6-11-16)17-12-7-4-8-13-17/h3-15,19-20H,2H2,1H3. The van der Waals surface area contributed by atoms with Crippen LogP contribution in [0.2, 0.25) is 0 Å². The molecular formula is C22H20O3S. The largest absolute Gasteiger partial charge is 0.461 e. The monoisotopic (exact) mass is 364 g/mol. The molecule has 4 heteroatoms. The molecule has 0 radical (unpaired) electrons. The van der Waals surface area contributed by atoms with Gasteiger partial charge in [0.15, 0.2) is 5.76 Å². The first-order valence-corrected chi connectivity index (χ1v) is 9.55. The van der Waals surface area contributed by atoms with Gasteiger partial charge in [0.25, 0.3) is 0 Å². The number of thioether (sulfide) groups is 1. The van der Waals surface area contributed by atoms with E-state index in [1.807, 2.05) is 67.6 Å². The van der Waals surface area contributed by atoms with Crippen molar-refractivity contribution in [3.63, 3.8) is 0 Å². The van der Waals surface area contributed by atoms with E-state index >= 15 is 0 Å². The fourth-order valence-electron chi connectivity index (χ4n) is 3.10. The van der Waals surface area contributed by atoms with E-state index in [0.29, 0.717) is 5.75 Å². The summed E-state index contributed by atoms with van der Waals surface area (Å²) >= 11 is 1.18. The molecule has 0 bridgehead atoms. The van der Waals surface area contributed by atoms with E-state index in [0.717, 1.165) is 11.1 Å². The van der Waals surface area contributed by atoms with Crippen LogP contribution in [-0.4, -0.2) is 16.7 Å². The van der Waals surface area contributed by atoms with Crippen molar-refractivity contribution in [2.45, 2.75) is 12.8 Å². The maximum absolute atomic E-state index is 13.2.